The Morgan fingerprint density at radius 2 is 2.00 bits per heavy atom. The Bertz CT molecular complexity index is 707. The Hall–Kier alpha value is -1.91. The van der Waals surface area contributed by atoms with Crippen LogP contribution in [0.1, 0.15) is 43.5 Å². The first-order valence-electron chi connectivity index (χ1n) is 7.59. The van der Waals surface area contributed by atoms with Crippen molar-refractivity contribution in [3.8, 4) is 6.07 Å². The second-order valence-corrected chi connectivity index (χ2v) is 7.55. The molecular formula is C16H20N2O4S. The van der Waals surface area contributed by atoms with Gasteiger partial charge in [0, 0.05) is 12.6 Å². The second kappa shape index (κ2) is 7.11. The van der Waals surface area contributed by atoms with E-state index in [1.807, 2.05) is 6.92 Å². The Labute approximate surface area is 136 Å². The molecule has 6 nitrogen and oxygen atoms in total. The Morgan fingerprint density at radius 1 is 1.35 bits per heavy atom. The number of esters is 1. The van der Waals surface area contributed by atoms with E-state index in [0.717, 1.165) is 19.3 Å². The Morgan fingerprint density at radius 3 is 2.57 bits per heavy atom. The Balaban J connectivity index is 2.18. The standard InChI is InChI=1S/C16H20N2O4S/c1-12-5-3-4-10-18(12)23(20,21)15-8-6-14(7-9-15)16(19)22-13(2)11-17/h6-9,12-13H,3-5,10H2,1-2H3/t12-,13+/m1/s1. The van der Waals surface area contributed by atoms with E-state index >= 15 is 0 Å². The van der Waals surface area contributed by atoms with Crippen molar-refractivity contribution in [1.82, 2.24) is 4.31 Å². The van der Waals surface area contributed by atoms with Crippen LogP contribution in [0.3, 0.4) is 0 Å². The van der Waals surface area contributed by atoms with Crippen LogP contribution in [-0.4, -0.2) is 37.4 Å². The van der Waals surface area contributed by atoms with Crippen LogP contribution in [0, 0.1) is 11.3 Å². The predicted octanol–water partition coefficient (Wildman–Crippen LogP) is 2.32. The topological polar surface area (TPSA) is 87.5 Å². The molecule has 0 amide bonds. The lowest BCUT2D eigenvalue weighted by Crippen LogP contribution is -2.41. The highest BCUT2D eigenvalue weighted by Crippen LogP contribution is 2.25. The summed E-state index contributed by atoms with van der Waals surface area (Å²) in [5, 5.41) is 8.64. The summed E-state index contributed by atoms with van der Waals surface area (Å²) in [5.41, 5.74) is 0.220. The van der Waals surface area contributed by atoms with Crippen molar-refractivity contribution in [2.24, 2.45) is 0 Å². The van der Waals surface area contributed by atoms with Crippen LogP contribution >= 0.6 is 0 Å². The number of piperidine rings is 1. The lowest BCUT2D eigenvalue weighted by molar-refractivity contribution is 0.0435. The number of nitriles is 1. The van der Waals surface area contributed by atoms with Gasteiger partial charge >= 0.3 is 5.97 Å². The van der Waals surface area contributed by atoms with E-state index in [2.05, 4.69) is 0 Å². The SMILES string of the molecule is C[C@@H]1CCCCN1S(=O)(=O)c1ccc(C(=O)O[C@@H](C)C#N)cc1. The number of carbonyl (C=O) groups excluding carboxylic acids is 1. The van der Waals surface area contributed by atoms with Gasteiger partial charge in [0.05, 0.1) is 10.5 Å². The van der Waals surface area contributed by atoms with E-state index < -0.39 is 22.1 Å². The van der Waals surface area contributed by atoms with Crippen LogP contribution in [-0.2, 0) is 14.8 Å². The molecule has 2 atom stereocenters. The maximum atomic E-state index is 12.7. The highest BCUT2D eigenvalue weighted by Gasteiger charge is 2.30. The fourth-order valence-electron chi connectivity index (χ4n) is 2.58. The van der Waals surface area contributed by atoms with Crippen LogP contribution in [0.25, 0.3) is 0 Å². The molecule has 0 aromatic heterocycles. The molecule has 0 spiro atoms. The molecule has 1 saturated heterocycles. The minimum absolute atomic E-state index is 0.0186. The first-order chi connectivity index (χ1) is 10.9. The fourth-order valence-corrected chi connectivity index (χ4v) is 4.28. The summed E-state index contributed by atoms with van der Waals surface area (Å²) < 4.78 is 31.7. The Kier molecular flexibility index (Phi) is 5.39. The van der Waals surface area contributed by atoms with Crippen molar-refractivity contribution in [1.29, 1.82) is 5.26 Å². The molecule has 1 aromatic carbocycles. The van der Waals surface area contributed by atoms with Crippen LogP contribution < -0.4 is 0 Å². The molecule has 23 heavy (non-hydrogen) atoms. The maximum Gasteiger partial charge on any atom is 0.339 e. The number of benzene rings is 1. The van der Waals surface area contributed by atoms with E-state index in [0.29, 0.717) is 6.54 Å². The fraction of sp³-hybridized carbons (Fsp3) is 0.500. The first-order valence-corrected chi connectivity index (χ1v) is 9.03. The average Bonchev–Trinajstić information content (AvgIpc) is 2.55. The zero-order valence-corrected chi connectivity index (χ0v) is 14.0. The van der Waals surface area contributed by atoms with E-state index in [1.54, 1.807) is 6.07 Å². The molecule has 7 heteroatoms. The highest BCUT2D eigenvalue weighted by atomic mass is 32.2. The van der Waals surface area contributed by atoms with Crippen molar-refractivity contribution in [3.05, 3.63) is 29.8 Å². The van der Waals surface area contributed by atoms with Gasteiger partial charge in [0.2, 0.25) is 10.0 Å². The quantitative estimate of drug-likeness (QED) is 0.787. The zero-order valence-electron chi connectivity index (χ0n) is 13.2. The molecule has 2 rings (SSSR count). The van der Waals surface area contributed by atoms with Gasteiger partial charge in [0.25, 0.3) is 0 Å². The van der Waals surface area contributed by atoms with Gasteiger partial charge in [-0.05, 0) is 51.0 Å². The van der Waals surface area contributed by atoms with Gasteiger partial charge in [-0.2, -0.15) is 9.57 Å². The van der Waals surface area contributed by atoms with Crippen LogP contribution in [0.15, 0.2) is 29.2 Å². The summed E-state index contributed by atoms with van der Waals surface area (Å²) in [6.07, 6.45) is 1.91. The molecule has 1 fully saturated rings. The summed E-state index contributed by atoms with van der Waals surface area (Å²) in [7, 11) is -3.55. The third-order valence-corrected chi connectivity index (χ3v) is 5.93. The van der Waals surface area contributed by atoms with E-state index in [9.17, 15) is 13.2 Å². The number of carbonyl (C=O) groups is 1. The molecule has 0 aliphatic carbocycles. The van der Waals surface area contributed by atoms with Gasteiger partial charge in [-0.15, -0.1) is 0 Å². The number of hydrogen-bond acceptors (Lipinski definition) is 5. The molecule has 0 radical (unpaired) electrons. The van der Waals surface area contributed by atoms with Crippen LogP contribution in [0.5, 0.6) is 0 Å². The summed E-state index contributed by atoms with van der Waals surface area (Å²) in [5.74, 6) is -0.644. The molecule has 1 aliphatic heterocycles. The number of ether oxygens (including phenoxy) is 1. The van der Waals surface area contributed by atoms with Gasteiger partial charge in [-0.25, -0.2) is 13.2 Å². The number of rotatable bonds is 4. The van der Waals surface area contributed by atoms with Gasteiger partial charge < -0.3 is 4.74 Å². The number of nitrogens with zero attached hydrogens (tertiary/aromatic N) is 2. The van der Waals surface area contributed by atoms with Gasteiger partial charge in [0.15, 0.2) is 6.10 Å². The van der Waals surface area contributed by atoms with Crippen molar-refractivity contribution in [3.63, 3.8) is 0 Å². The van der Waals surface area contributed by atoms with Gasteiger partial charge in [0.1, 0.15) is 6.07 Å². The molecule has 1 heterocycles. The van der Waals surface area contributed by atoms with Gasteiger partial charge in [-0.1, -0.05) is 6.42 Å². The minimum atomic E-state index is -3.55. The zero-order chi connectivity index (χ0) is 17.0. The summed E-state index contributed by atoms with van der Waals surface area (Å²) >= 11 is 0. The molecule has 1 aromatic rings. The predicted molar refractivity (Wildman–Crippen MR) is 84.1 cm³/mol. The second-order valence-electron chi connectivity index (χ2n) is 5.66. The van der Waals surface area contributed by atoms with Gasteiger partial charge in [-0.3, -0.25) is 0 Å². The van der Waals surface area contributed by atoms with E-state index in [-0.39, 0.29) is 16.5 Å². The molecule has 124 valence electrons. The van der Waals surface area contributed by atoms with E-state index in [1.165, 1.54) is 35.5 Å². The molecular weight excluding hydrogens is 316 g/mol. The molecule has 0 unspecified atom stereocenters. The average molecular weight is 336 g/mol. The smallest absolute Gasteiger partial charge is 0.339 e. The van der Waals surface area contributed by atoms with E-state index in [4.69, 9.17) is 10.00 Å². The molecule has 0 bridgehead atoms. The minimum Gasteiger partial charge on any atom is -0.444 e. The lowest BCUT2D eigenvalue weighted by atomic mass is 10.1. The van der Waals surface area contributed by atoms with Crippen molar-refractivity contribution in [2.45, 2.75) is 50.2 Å². The highest BCUT2D eigenvalue weighted by molar-refractivity contribution is 7.89. The van der Waals surface area contributed by atoms with Crippen molar-refractivity contribution >= 4 is 16.0 Å². The number of hydrogen-bond donors (Lipinski definition) is 0. The molecule has 0 N–H and O–H groups in total. The van der Waals surface area contributed by atoms with Crippen LogP contribution in [0.4, 0.5) is 0 Å². The molecule has 1 aliphatic rings. The monoisotopic (exact) mass is 336 g/mol. The lowest BCUT2D eigenvalue weighted by Gasteiger charge is -2.32. The number of sulfonamides is 1. The normalized spacial score (nSPS) is 20.5. The molecule has 0 saturated carbocycles. The summed E-state index contributed by atoms with van der Waals surface area (Å²) in [4.78, 5) is 12.0. The van der Waals surface area contributed by atoms with Crippen LogP contribution in [0.2, 0.25) is 0 Å². The summed E-state index contributed by atoms with van der Waals surface area (Å²) in [6.45, 7) is 3.90. The van der Waals surface area contributed by atoms with Crippen molar-refractivity contribution in [2.75, 3.05) is 6.54 Å². The summed E-state index contributed by atoms with van der Waals surface area (Å²) in [6, 6.07) is 7.42. The van der Waals surface area contributed by atoms with Crippen molar-refractivity contribution < 1.29 is 17.9 Å². The third-order valence-electron chi connectivity index (χ3n) is 3.90. The largest absolute Gasteiger partial charge is 0.444 e. The third kappa shape index (κ3) is 3.89. The first kappa shape index (κ1) is 17.4. The maximum absolute atomic E-state index is 12.7.